The molecular formula is C24H26ClNO5. The Balaban J connectivity index is 2.17. The fourth-order valence-corrected chi connectivity index (χ4v) is 3.88. The average molecular weight is 444 g/mol. The molecule has 3 rings (SSSR count). The van der Waals surface area contributed by atoms with Gasteiger partial charge in [-0.1, -0.05) is 37.1 Å². The summed E-state index contributed by atoms with van der Waals surface area (Å²) < 4.78 is 10.8. The van der Waals surface area contributed by atoms with Crippen LogP contribution < -0.4 is 9.47 Å². The van der Waals surface area contributed by atoms with Gasteiger partial charge in [-0.05, 0) is 49.2 Å². The van der Waals surface area contributed by atoms with Crippen molar-refractivity contribution in [1.82, 2.24) is 4.90 Å². The maximum atomic E-state index is 13.0. The smallest absolute Gasteiger partial charge is 0.295 e. The van der Waals surface area contributed by atoms with Gasteiger partial charge >= 0.3 is 0 Å². The first kappa shape index (κ1) is 22.7. The molecule has 1 saturated heterocycles. The highest BCUT2D eigenvalue weighted by atomic mass is 35.5. The lowest BCUT2D eigenvalue weighted by Crippen LogP contribution is -2.30. The number of Topliss-reactive ketones (excluding diaryl/α,β-unsaturated/α-hetero) is 1. The molecule has 1 atom stereocenters. The Bertz CT molecular complexity index is 1020. The molecule has 6 nitrogen and oxygen atoms in total. The minimum Gasteiger partial charge on any atom is -0.507 e. The fourth-order valence-electron chi connectivity index (χ4n) is 3.69. The standard InChI is InChI=1S/C24H26ClNO5/c1-4-6-12-26-21(15-8-7-9-17(13-15)31-5-2)20(23(28)24(26)29)22(27)16-10-11-18(25)19(14-16)30-3/h7-11,13-14,21,27H,4-6,12H2,1-3H3/b22-20-. The minimum atomic E-state index is -0.714. The number of benzene rings is 2. The molecule has 1 heterocycles. The number of rotatable bonds is 8. The van der Waals surface area contributed by atoms with E-state index in [1.165, 1.54) is 12.0 Å². The van der Waals surface area contributed by atoms with Crippen molar-refractivity contribution in [2.45, 2.75) is 32.7 Å². The number of ketones is 1. The molecular weight excluding hydrogens is 418 g/mol. The summed E-state index contributed by atoms with van der Waals surface area (Å²) >= 11 is 6.10. The van der Waals surface area contributed by atoms with Crippen LogP contribution >= 0.6 is 11.6 Å². The number of ether oxygens (including phenoxy) is 2. The van der Waals surface area contributed by atoms with Gasteiger partial charge in [0.25, 0.3) is 11.7 Å². The third-order valence-corrected chi connectivity index (χ3v) is 5.51. The van der Waals surface area contributed by atoms with Gasteiger partial charge in [0.05, 0.1) is 30.4 Å². The van der Waals surface area contributed by atoms with E-state index in [9.17, 15) is 14.7 Å². The first-order valence-electron chi connectivity index (χ1n) is 10.3. The largest absolute Gasteiger partial charge is 0.507 e. The van der Waals surface area contributed by atoms with Crippen molar-refractivity contribution >= 4 is 29.1 Å². The van der Waals surface area contributed by atoms with Crippen molar-refractivity contribution in [1.29, 1.82) is 0 Å². The van der Waals surface area contributed by atoms with Crippen molar-refractivity contribution in [2.24, 2.45) is 0 Å². The number of aliphatic hydroxyl groups is 1. The van der Waals surface area contributed by atoms with E-state index in [0.29, 0.717) is 40.8 Å². The SMILES string of the molecule is CCCCN1C(=O)C(=O)/C(=C(\O)c2ccc(Cl)c(OC)c2)C1c1cccc(OCC)c1. The molecule has 1 fully saturated rings. The van der Waals surface area contributed by atoms with Gasteiger partial charge < -0.3 is 19.5 Å². The fraction of sp³-hybridized carbons (Fsp3) is 0.333. The number of unbranched alkanes of at least 4 members (excludes halogenated alkanes) is 1. The number of hydrogen-bond donors (Lipinski definition) is 1. The van der Waals surface area contributed by atoms with E-state index < -0.39 is 17.7 Å². The van der Waals surface area contributed by atoms with E-state index >= 15 is 0 Å². The van der Waals surface area contributed by atoms with E-state index in [1.807, 2.05) is 32.0 Å². The maximum Gasteiger partial charge on any atom is 0.295 e. The first-order chi connectivity index (χ1) is 14.9. The zero-order valence-electron chi connectivity index (χ0n) is 17.9. The second-order valence-corrected chi connectivity index (χ2v) is 7.61. The highest BCUT2D eigenvalue weighted by molar-refractivity contribution is 6.46. The lowest BCUT2D eigenvalue weighted by atomic mass is 9.95. The van der Waals surface area contributed by atoms with Crippen LogP contribution in [-0.4, -0.2) is 42.0 Å². The van der Waals surface area contributed by atoms with E-state index in [1.54, 1.807) is 24.3 Å². The number of hydrogen-bond acceptors (Lipinski definition) is 5. The first-order valence-corrected chi connectivity index (χ1v) is 10.7. The van der Waals surface area contributed by atoms with Crippen LogP contribution in [0.5, 0.6) is 11.5 Å². The number of methoxy groups -OCH3 is 1. The Kier molecular flexibility index (Phi) is 7.23. The lowest BCUT2D eigenvalue weighted by molar-refractivity contribution is -0.139. The summed E-state index contributed by atoms with van der Waals surface area (Å²) in [4.78, 5) is 27.4. The minimum absolute atomic E-state index is 0.0409. The van der Waals surface area contributed by atoms with Crippen LogP contribution in [0.15, 0.2) is 48.0 Å². The molecule has 164 valence electrons. The molecule has 0 aromatic heterocycles. The number of carbonyl (C=O) groups excluding carboxylic acids is 2. The molecule has 1 aliphatic heterocycles. The van der Waals surface area contributed by atoms with Crippen molar-refractivity contribution in [2.75, 3.05) is 20.3 Å². The Morgan fingerprint density at radius 3 is 2.61 bits per heavy atom. The molecule has 0 aliphatic carbocycles. The van der Waals surface area contributed by atoms with Gasteiger partial charge in [-0.3, -0.25) is 9.59 Å². The number of amides is 1. The zero-order chi connectivity index (χ0) is 22.5. The van der Waals surface area contributed by atoms with Crippen LogP contribution in [0.3, 0.4) is 0 Å². The summed E-state index contributed by atoms with van der Waals surface area (Å²) in [6, 6.07) is 11.3. The summed E-state index contributed by atoms with van der Waals surface area (Å²) in [6.07, 6.45) is 1.60. The molecule has 2 aromatic rings. The lowest BCUT2D eigenvalue weighted by Gasteiger charge is -2.25. The number of halogens is 1. The molecule has 0 spiro atoms. The Morgan fingerprint density at radius 2 is 1.94 bits per heavy atom. The summed E-state index contributed by atoms with van der Waals surface area (Å²) in [6.45, 7) is 4.80. The van der Waals surface area contributed by atoms with Crippen molar-refractivity contribution < 1.29 is 24.2 Å². The van der Waals surface area contributed by atoms with Gasteiger partial charge in [0, 0.05) is 12.1 Å². The van der Waals surface area contributed by atoms with Crippen molar-refractivity contribution in [3.05, 3.63) is 64.2 Å². The zero-order valence-corrected chi connectivity index (χ0v) is 18.6. The van der Waals surface area contributed by atoms with Crippen LogP contribution in [0.1, 0.15) is 43.9 Å². The van der Waals surface area contributed by atoms with Gasteiger partial charge in [-0.15, -0.1) is 0 Å². The maximum absolute atomic E-state index is 13.0. The molecule has 2 aromatic carbocycles. The van der Waals surface area contributed by atoms with E-state index in [-0.39, 0.29) is 11.3 Å². The van der Waals surface area contributed by atoms with Crippen LogP contribution in [0, 0.1) is 0 Å². The van der Waals surface area contributed by atoms with Gasteiger partial charge in [0.1, 0.15) is 17.3 Å². The molecule has 31 heavy (non-hydrogen) atoms. The Hall–Kier alpha value is -2.99. The van der Waals surface area contributed by atoms with Gasteiger partial charge in [-0.2, -0.15) is 0 Å². The summed E-state index contributed by atoms with van der Waals surface area (Å²) in [5.41, 5.74) is 1.09. The van der Waals surface area contributed by atoms with Gasteiger partial charge in [0.2, 0.25) is 0 Å². The topological polar surface area (TPSA) is 76.1 Å². The second-order valence-electron chi connectivity index (χ2n) is 7.20. The average Bonchev–Trinajstić information content (AvgIpc) is 3.02. The quantitative estimate of drug-likeness (QED) is 0.354. The highest BCUT2D eigenvalue weighted by Crippen LogP contribution is 2.41. The summed E-state index contributed by atoms with van der Waals surface area (Å²) in [7, 11) is 1.47. The third kappa shape index (κ3) is 4.54. The van der Waals surface area contributed by atoms with E-state index in [0.717, 1.165) is 12.8 Å². The van der Waals surface area contributed by atoms with Gasteiger partial charge in [-0.25, -0.2) is 0 Å². The van der Waals surface area contributed by atoms with E-state index in [2.05, 4.69) is 0 Å². The van der Waals surface area contributed by atoms with Crippen LogP contribution in [-0.2, 0) is 9.59 Å². The molecule has 1 N–H and O–H groups in total. The predicted molar refractivity (Wildman–Crippen MR) is 120 cm³/mol. The molecule has 0 saturated carbocycles. The van der Waals surface area contributed by atoms with Crippen LogP contribution in [0.4, 0.5) is 0 Å². The monoisotopic (exact) mass is 443 g/mol. The summed E-state index contributed by atoms with van der Waals surface area (Å²) in [5.74, 6) is -0.605. The number of aliphatic hydroxyl groups excluding tert-OH is 1. The van der Waals surface area contributed by atoms with Crippen molar-refractivity contribution in [3.8, 4) is 11.5 Å². The van der Waals surface area contributed by atoms with E-state index in [4.69, 9.17) is 21.1 Å². The van der Waals surface area contributed by atoms with Gasteiger partial charge in [0.15, 0.2) is 0 Å². The Labute approximate surface area is 187 Å². The molecule has 1 amide bonds. The number of carbonyl (C=O) groups is 2. The van der Waals surface area contributed by atoms with Crippen molar-refractivity contribution in [3.63, 3.8) is 0 Å². The highest BCUT2D eigenvalue weighted by Gasteiger charge is 2.45. The number of nitrogens with zero attached hydrogens (tertiary/aromatic N) is 1. The predicted octanol–water partition coefficient (Wildman–Crippen LogP) is 4.97. The molecule has 1 unspecified atom stereocenters. The normalized spacial score (nSPS) is 17.8. The van der Waals surface area contributed by atoms with Crippen LogP contribution in [0.2, 0.25) is 5.02 Å². The molecule has 1 aliphatic rings. The molecule has 0 bridgehead atoms. The third-order valence-electron chi connectivity index (χ3n) is 5.20. The molecule has 0 radical (unpaired) electrons. The summed E-state index contributed by atoms with van der Waals surface area (Å²) in [5, 5.41) is 11.5. The van der Waals surface area contributed by atoms with Crippen LogP contribution in [0.25, 0.3) is 5.76 Å². The second kappa shape index (κ2) is 9.88. The molecule has 7 heteroatoms. The number of likely N-dealkylation sites (tertiary alicyclic amines) is 1. The Morgan fingerprint density at radius 1 is 1.16 bits per heavy atom.